The maximum absolute atomic E-state index is 12.2. The summed E-state index contributed by atoms with van der Waals surface area (Å²) in [5.41, 5.74) is 0.742. The second-order valence-electron chi connectivity index (χ2n) is 5.24. The Bertz CT molecular complexity index is 815. The lowest BCUT2D eigenvalue weighted by atomic mass is 10.2. The van der Waals surface area contributed by atoms with Crippen molar-refractivity contribution in [2.45, 2.75) is 31.2 Å². The molecule has 0 bridgehead atoms. The van der Waals surface area contributed by atoms with Gasteiger partial charge in [-0.15, -0.1) is 5.10 Å². The summed E-state index contributed by atoms with van der Waals surface area (Å²) in [4.78, 5) is 10.9. The van der Waals surface area contributed by atoms with Gasteiger partial charge >= 0.3 is 5.97 Å². The van der Waals surface area contributed by atoms with E-state index in [-0.39, 0.29) is 17.1 Å². The van der Waals surface area contributed by atoms with Gasteiger partial charge in [-0.3, -0.25) is 4.68 Å². The summed E-state index contributed by atoms with van der Waals surface area (Å²) < 4.78 is 29.1. The summed E-state index contributed by atoms with van der Waals surface area (Å²) in [6.45, 7) is 2.58. The average Bonchev–Trinajstić information content (AvgIpc) is 2.95. The second-order valence-corrected chi connectivity index (χ2v) is 7.92. The van der Waals surface area contributed by atoms with E-state index >= 15 is 0 Å². The topological polar surface area (TPSA) is 114 Å². The second kappa shape index (κ2) is 7.86. The largest absolute Gasteiger partial charge is 0.476 e. The predicted molar refractivity (Wildman–Crippen MR) is 90.3 cm³/mol. The molecule has 0 aliphatic heterocycles. The summed E-state index contributed by atoms with van der Waals surface area (Å²) in [5.74, 6) is -1.13. The molecule has 0 atom stereocenters. The highest BCUT2D eigenvalue weighted by Crippen LogP contribution is 2.19. The number of carbonyl (C=O) groups is 1. The molecule has 8 nitrogen and oxygen atoms in total. The van der Waals surface area contributed by atoms with Crippen molar-refractivity contribution in [3.05, 3.63) is 40.1 Å². The third kappa shape index (κ3) is 5.11. The van der Waals surface area contributed by atoms with Crippen LogP contribution in [-0.4, -0.2) is 41.0 Å². The van der Waals surface area contributed by atoms with Crippen LogP contribution >= 0.6 is 15.9 Å². The Labute approximate surface area is 148 Å². The fourth-order valence-corrected chi connectivity index (χ4v) is 4.01. The lowest BCUT2D eigenvalue weighted by Gasteiger charge is -2.08. The number of hydrogen-bond acceptors (Lipinski definition) is 5. The number of hydrogen-bond donors (Lipinski definition) is 2. The van der Waals surface area contributed by atoms with E-state index in [2.05, 4.69) is 31.0 Å². The van der Waals surface area contributed by atoms with Crippen LogP contribution in [0.5, 0.6) is 0 Å². The maximum Gasteiger partial charge on any atom is 0.358 e. The predicted octanol–water partition coefficient (Wildman–Crippen LogP) is 1.81. The number of benzene rings is 1. The molecule has 0 fully saturated rings. The zero-order valence-corrected chi connectivity index (χ0v) is 15.3. The van der Waals surface area contributed by atoms with Crippen molar-refractivity contribution in [2.75, 3.05) is 6.54 Å². The van der Waals surface area contributed by atoms with Crippen molar-refractivity contribution in [2.24, 2.45) is 0 Å². The molecule has 0 unspecified atom stereocenters. The number of carboxylic acid groups (broad SMARTS) is 1. The van der Waals surface area contributed by atoms with Gasteiger partial charge in [0.15, 0.2) is 5.69 Å². The van der Waals surface area contributed by atoms with Gasteiger partial charge in [0.2, 0.25) is 10.0 Å². The van der Waals surface area contributed by atoms with Crippen LogP contribution in [0.15, 0.2) is 33.8 Å². The molecule has 0 spiro atoms. The van der Waals surface area contributed by atoms with Crippen LogP contribution in [-0.2, 0) is 16.6 Å². The van der Waals surface area contributed by atoms with Gasteiger partial charge in [-0.25, -0.2) is 17.9 Å². The smallest absolute Gasteiger partial charge is 0.358 e. The first kappa shape index (κ1) is 18.6. The molecule has 1 aromatic heterocycles. The molecule has 0 aliphatic rings. The minimum Gasteiger partial charge on any atom is -0.476 e. The van der Waals surface area contributed by atoms with Gasteiger partial charge in [-0.05, 0) is 43.5 Å². The third-order valence-corrected chi connectivity index (χ3v) is 5.09. The number of aryl methyl sites for hydroxylation is 2. The van der Waals surface area contributed by atoms with E-state index in [0.29, 0.717) is 23.9 Å². The van der Waals surface area contributed by atoms with Gasteiger partial charge in [0.1, 0.15) is 0 Å². The van der Waals surface area contributed by atoms with Crippen molar-refractivity contribution in [3.63, 3.8) is 0 Å². The Morgan fingerprint density at radius 1 is 1.33 bits per heavy atom. The molecule has 0 radical (unpaired) electrons. The zero-order valence-electron chi connectivity index (χ0n) is 12.9. The Morgan fingerprint density at radius 2 is 2.08 bits per heavy atom. The lowest BCUT2D eigenvalue weighted by Crippen LogP contribution is -2.25. The van der Waals surface area contributed by atoms with Crippen molar-refractivity contribution >= 4 is 31.9 Å². The van der Waals surface area contributed by atoms with Crippen LogP contribution in [0.2, 0.25) is 0 Å². The first-order valence-corrected chi connectivity index (χ1v) is 9.46. The molecule has 0 amide bonds. The number of aromatic carboxylic acids is 1. The lowest BCUT2D eigenvalue weighted by molar-refractivity contribution is 0.0690. The summed E-state index contributed by atoms with van der Waals surface area (Å²) >= 11 is 3.29. The van der Waals surface area contributed by atoms with Crippen molar-refractivity contribution in [1.29, 1.82) is 0 Å². The van der Waals surface area contributed by atoms with Crippen LogP contribution in [0, 0.1) is 6.92 Å². The summed E-state index contributed by atoms with van der Waals surface area (Å²) in [5, 5.41) is 15.9. The normalized spacial score (nSPS) is 11.6. The minimum absolute atomic E-state index is 0.110. The highest BCUT2D eigenvalue weighted by molar-refractivity contribution is 9.10. The minimum atomic E-state index is -3.55. The van der Waals surface area contributed by atoms with E-state index in [4.69, 9.17) is 5.11 Å². The Hall–Kier alpha value is -1.78. The molecule has 2 aromatic rings. The van der Waals surface area contributed by atoms with Crippen molar-refractivity contribution < 1.29 is 18.3 Å². The number of nitrogens with zero attached hydrogens (tertiary/aromatic N) is 3. The summed E-state index contributed by atoms with van der Waals surface area (Å²) in [7, 11) is -3.55. The molecule has 2 rings (SSSR count). The number of halogens is 1. The first-order valence-electron chi connectivity index (χ1n) is 7.18. The zero-order chi connectivity index (χ0) is 17.7. The van der Waals surface area contributed by atoms with E-state index < -0.39 is 16.0 Å². The molecule has 10 heteroatoms. The molecule has 24 heavy (non-hydrogen) atoms. The maximum atomic E-state index is 12.2. The SMILES string of the molecule is Cc1cc(Br)cc(S(=O)(=O)NCCCCn2cc(C(=O)O)nn2)c1. The van der Waals surface area contributed by atoms with Gasteiger partial charge in [-0.2, -0.15) is 0 Å². The monoisotopic (exact) mass is 416 g/mol. The van der Waals surface area contributed by atoms with Gasteiger partial charge < -0.3 is 5.11 Å². The van der Waals surface area contributed by atoms with E-state index in [1.165, 1.54) is 10.9 Å². The molecule has 2 N–H and O–H groups in total. The van der Waals surface area contributed by atoms with E-state index in [9.17, 15) is 13.2 Å². The quantitative estimate of drug-likeness (QED) is 0.634. The third-order valence-electron chi connectivity index (χ3n) is 3.19. The summed E-state index contributed by atoms with van der Waals surface area (Å²) in [6.07, 6.45) is 2.58. The van der Waals surface area contributed by atoms with Crippen LogP contribution in [0.1, 0.15) is 28.9 Å². The average molecular weight is 417 g/mol. The molecule has 0 saturated carbocycles. The first-order chi connectivity index (χ1) is 11.3. The van der Waals surface area contributed by atoms with Gasteiger partial charge in [0, 0.05) is 17.6 Å². The van der Waals surface area contributed by atoms with Crippen molar-refractivity contribution in [1.82, 2.24) is 19.7 Å². The Kier molecular flexibility index (Phi) is 6.08. The Balaban J connectivity index is 1.81. The molecule has 130 valence electrons. The fraction of sp³-hybridized carbons (Fsp3) is 0.357. The highest BCUT2D eigenvalue weighted by atomic mass is 79.9. The molecular formula is C14H17BrN4O4S. The molecular weight excluding hydrogens is 400 g/mol. The van der Waals surface area contributed by atoms with Gasteiger partial charge in [0.05, 0.1) is 11.1 Å². The molecule has 1 heterocycles. The number of nitrogens with one attached hydrogen (secondary N) is 1. The van der Waals surface area contributed by atoms with Crippen LogP contribution < -0.4 is 4.72 Å². The summed E-state index contributed by atoms with van der Waals surface area (Å²) in [6, 6.07) is 5.00. The number of sulfonamides is 1. The van der Waals surface area contributed by atoms with Crippen LogP contribution in [0.25, 0.3) is 0 Å². The molecule has 1 aromatic carbocycles. The number of unbranched alkanes of at least 4 members (excludes halogenated alkanes) is 1. The van der Waals surface area contributed by atoms with E-state index in [0.717, 1.165) is 5.56 Å². The number of aromatic nitrogens is 3. The van der Waals surface area contributed by atoms with E-state index in [1.54, 1.807) is 12.1 Å². The van der Waals surface area contributed by atoms with Crippen molar-refractivity contribution in [3.8, 4) is 0 Å². The molecule has 0 saturated heterocycles. The van der Waals surface area contributed by atoms with E-state index in [1.807, 2.05) is 13.0 Å². The fourth-order valence-electron chi connectivity index (χ4n) is 2.05. The van der Waals surface area contributed by atoms with Crippen LogP contribution in [0.4, 0.5) is 0 Å². The highest BCUT2D eigenvalue weighted by Gasteiger charge is 2.14. The van der Waals surface area contributed by atoms with Gasteiger partial charge in [-0.1, -0.05) is 21.1 Å². The number of carboxylic acids is 1. The number of rotatable bonds is 8. The Morgan fingerprint density at radius 3 is 2.71 bits per heavy atom. The van der Waals surface area contributed by atoms with Gasteiger partial charge in [0.25, 0.3) is 0 Å². The molecule has 0 aliphatic carbocycles. The standard InChI is InChI=1S/C14H17BrN4O4S/c1-10-6-11(15)8-12(7-10)24(22,23)16-4-2-3-5-19-9-13(14(20)21)17-18-19/h6-9,16H,2-5H2,1H3,(H,20,21). The van der Waals surface area contributed by atoms with Crippen LogP contribution in [0.3, 0.4) is 0 Å².